The summed E-state index contributed by atoms with van der Waals surface area (Å²) in [5.41, 5.74) is 0.700. The van der Waals surface area contributed by atoms with Crippen molar-refractivity contribution in [1.82, 2.24) is 5.06 Å². The second-order valence-corrected chi connectivity index (χ2v) is 3.66. The van der Waals surface area contributed by atoms with Gasteiger partial charge in [-0.2, -0.15) is 0 Å². The Hall–Kier alpha value is -1.88. The minimum Gasteiger partial charge on any atom is -0.447 e. The smallest absolute Gasteiger partial charge is 0.313 e. The molecule has 0 N–H and O–H groups in total. The van der Waals surface area contributed by atoms with Crippen LogP contribution in [-0.2, 0) is 4.84 Å². The standard InChI is InChI=1S/C12H12FNO3/c1-7-8-5-4-6-9(13)11(8)17-10(7)12(15)14(2)16-3/h4-6H,1-3H3. The second kappa shape index (κ2) is 4.18. The summed E-state index contributed by atoms with van der Waals surface area (Å²) in [5.74, 6) is -0.834. The van der Waals surface area contributed by atoms with Crippen molar-refractivity contribution in [2.24, 2.45) is 0 Å². The summed E-state index contributed by atoms with van der Waals surface area (Å²) in [4.78, 5) is 16.6. The van der Waals surface area contributed by atoms with Gasteiger partial charge in [-0.3, -0.25) is 9.63 Å². The molecule has 0 aliphatic carbocycles. The van der Waals surface area contributed by atoms with Crippen LogP contribution in [0.1, 0.15) is 16.1 Å². The van der Waals surface area contributed by atoms with Crippen molar-refractivity contribution in [3.8, 4) is 0 Å². The van der Waals surface area contributed by atoms with Gasteiger partial charge in [0, 0.05) is 18.0 Å². The molecule has 1 heterocycles. The van der Waals surface area contributed by atoms with E-state index in [1.165, 1.54) is 20.2 Å². The van der Waals surface area contributed by atoms with Crippen LogP contribution in [0.3, 0.4) is 0 Å². The van der Waals surface area contributed by atoms with Gasteiger partial charge in [-0.15, -0.1) is 0 Å². The summed E-state index contributed by atoms with van der Waals surface area (Å²) in [6, 6.07) is 4.58. The molecule has 0 aliphatic heterocycles. The van der Waals surface area contributed by atoms with Crippen LogP contribution in [0.25, 0.3) is 11.0 Å². The summed E-state index contributed by atoms with van der Waals surface area (Å²) in [7, 11) is 2.84. The number of fused-ring (bicyclic) bond motifs is 1. The number of carbonyl (C=O) groups excluding carboxylic acids is 1. The van der Waals surface area contributed by atoms with E-state index in [2.05, 4.69) is 0 Å². The fraction of sp³-hybridized carbons (Fsp3) is 0.250. The van der Waals surface area contributed by atoms with Gasteiger partial charge in [-0.1, -0.05) is 12.1 Å². The number of halogens is 1. The molecule has 2 aromatic rings. The lowest BCUT2D eigenvalue weighted by Gasteiger charge is -2.11. The van der Waals surface area contributed by atoms with Gasteiger partial charge in [0.2, 0.25) is 0 Å². The van der Waals surface area contributed by atoms with Gasteiger partial charge >= 0.3 is 5.91 Å². The lowest BCUT2D eigenvalue weighted by molar-refractivity contribution is -0.0773. The number of para-hydroxylation sites is 1. The Balaban J connectivity index is 2.60. The number of hydrogen-bond donors (Lipinski definition) is 0. The largest absolute Gasteiger partial charge is 0.447 e. The summed E-state index contributed by atoms with van der Waals surface area (Å²) in [6.45, 7) is 1.71. The average molecular weight is 237 g/mol. The molecule has 5 heteroatoms. The highest BCUT2D eigenvalue weighted by Crippen LogP contribution is 2.27. The van der Waals surface area contributed by atoms with Crippen LogP contribution in [0, 0.1) is 12.7 Å². The van der Waals surface area contributed by atoms with Gasteiger partial charge in [0.05, 0.1) is 7.11 Å². The number of furan rings is 1. The van der Waals surface area contributed by atoms with E-state index in [-0.39, 0.29) is 11.3 Å². The molecule has 0 aliphatic rings. The number of aryl methyl sites for hydroxylation is 1. The molecule has 0 saturated carbocycles. The van der Waals surface area contributed by atoms with E-state index in [9.17, 15) is 9.18 Å². The summed E-state index contributed by atoms with van der Waals surface area (Å²) in [6.07, 6.45) is 0. The Morgan fingerprint density at radius 2 is 2.18 bits per heavy atom. The summed E-state index contributed by atoms with van der Waals surface area (Å²) >= 11 is 0. The molecule has 17 heavy (non-hydrogen) atoms. The number of hydrogen-bond acceptors (Lipinski definition) is 3. The van der Waals surface area contributed by atoms with E-state index in [1.54, 1.807) is 19.1 Å². The molecule has 0 radical (unpaired) electrons. The van der Waals surface area contributed by atoms with Crippen LogP contribution in [0.15, 0.2) is 22.6 Å². The zero-order valence-corrected chi connectivity index (χ0v) is 9.78. The third-order valence-electron chi connectivity index (χ3n) is 2.67. The number of rotatable bonds is 2. The molecule has 0 saturated heterocycles. The number of carbonyl (C=O) groups is 1. The Kier molecular flexibility index (Phi) is 2.85. The van der Waals surface area contributed by atoms with Crippen molar-refractivity contribution in [3.05, 3.63) is 35.3 Å². The number of nitrogens with zero attached hydrogens (tertiary/aromatic N) is 1. The van der Waals surface area contributed by atoms with Gasteiger partial charge in [0.15, 0.2) is 17.2 Å². The Labute approximate surface area is 97.5 Å². The molecule has 0 fully saturated rings. The fourth-order valence-corrected chi connectivity index (χ4v) is 1.64. The quantitative estimate of drug-likeness (QED) is 0.754. The first-order valence-corrected chi connectivity index (χ1v) is 5.06. The zero-order valence-electron chi connectivity index (χ0n) is 9.78. The Bertz CT molecular complexity index is 576. The molecule has 4 nitrogen and oxygen atoms in total. The van der Waals surface area contributed by atoms with Crippen molar-refractivity contribution in [2.45, 2.75) is 6.92 Å². The van der Waals surface area contributed by atoms with Gasteiger partial charge in [0.1, 0.15) is 0 Å². The van der Waals surface area contributed by atoms with Crippen LogP contribution < -0.4 is 0 Å². The van der Waals surface area contributed by atoms with Crippen LogP contribution >= 0.6 is 0 Å². The Morgan fingerprint density at radius 1 is 1.47 bits per heavy atom. The van der Waals surface area contributed by atoms with Crippen LogP contribution in [0.5, 0.6) is 0 Å². The van der Waals surface area contributed by atoms with Crippen molar-refractivity contribution < 1.29 is 18.4 Å². The van der Waals surface area contributed by atoms with Gasteiger partial charge in [-0.25, -0.2) is 9.45 Å². The first-order chi connectivity index (χ1) is 8.06. The van der Waals surface area contributed by atoms with E-state index in [4.69, 9.17) is 9.25 Å². The maximum Gasteiger partial charge on any atom is 0.313 e. The normalized spacial score (nSPS) is 10.8. The highest BCUT2D eigenvalue weighted by molar-refractivity contribution is 5.98. The third kappa shape index (κ3) is 1.78. The van der Waals surface area contributed by atoms with Crippen molar-refractivity contribution in [1.29, 1.82) is 0 Å². The lowest BCUT2D eigenvalue weighted by atomic mass is 10.1. The second-order valence-electron chi connectivity index (χ2n) is 3.66. The minimum atomic E-state index is -0.482. The molecule has 1 aromatic heterocycles. The SMILES string of the molecule is CON(C)C(=O)c1oc2c(F)cccc2c1C. The maximum atomic E-state index is 13.5. The highest BCUT2D eigenvalue weighted by Gasteiger charge is 2.22. The number of benzene rings is 1. The zero-order chi connectivity index (χ0) is 12.6. The summed E-state index contributed by atoms with van der Waals surface area (Å²) < 4.78 is 18.7. The fourth-order valence-electron chi connectivity index (χ4n) is 1.64. The van der Waals surface area contributed by atoms with E-state index < -0.39 is 11.7 Å². The predicted octanol–water partition coefficient (Wildman–Crippen LogP) is 2.51. The molecule has 90 valence electrons. The minimum absolute atomic E-state index is 0.0921. The highest BCUT2D eigenvalue weighted by atomic mass is 19.1. The molecule has 0 atom stereocenters. The molecular weight excluding hydrogens is 225 g/mol. The molecule has 1 amide bonds. The predicted molar refractivity (Wildman–Crippen MR) is 60.0 cm³/mol. The van der Waals surface area contributed by atoms with Crippen LogP contribution in [0.4, 0.5) is 4.39 Å². The molecule has 0 unspecified atom stereocenters. The van der Waals surface area contributed by atoms with E-state index in [0.29, 0.717) is 10.9 Å². The first kappa shape index (κ1) is 11.6. The number of hydroxylamine groups is 2. The van der Waals surface area contributed by atoms with Crippen molar-refractivity contribution >= 4 is 16.9 Å². The van der Waals surface area contributed by atoms with E-state index in [1.807, 2.05) is 0 Å². The monoisotopic (exact) mass is 237 g/mol. The average Bonchev–Trinajstić information content (AvgIpc) is 2.67. The lowest BCUT2D eigenvalue weighted by Crippen LogP contribution is -2.25. The molecule has 2 rings (SSSR count). The van der Waals surface area contributed by atoms with E-state index in [0.717, 1.165) is 5.06 Å². The molecule has 0 bridgehead atoms. The molecular formula is C12H12FNO3. The third-order valence-corrected chi connectivity index (χ3v) is 2.67. The van der Waals surface area contributed by atoms with E-state index >= 15 is 0 Å². The van der Waals surface area contributed by atoms with Crippen LogP contribution in [-0.4, -0.2) is 25.1 Å². The van der Waals surface area contributed by atoms with Gasteiger partial charge < -0.3 is 4.42 Å². The van der Waals surface area contributed by atoms with Gasteiger partial charge in [-0.05, 0) is 13.0 Å². The maximum absolute atomic E-state index is 13.5. The van der Waals surface area contributed by atoms with Crippen molar-refractivity contribution in [2.75, 3.05) is 14.2 Å². The topological polar surface area (TPSA) is 42.7 Å². The van der Waals surface area contributed by atoms with Crippen molar-refractivity contribution in [3.63, 3.8) is 0 Å². The molecule has 1 aromatic carbocycles. The van der Waals surface area contributed by atoms with Crippen LogP contribution in [0.2, 0.25) is 0 Å². The van der Waals surface area contributed by atoms with Gasteiger partial charge in [0.25, 0.3) is 0 Å². The Morgan fingerprint density at radius 3 is 2.76 bits per heavy atom. The number of amides is 1. The molecule has 0 spiro atoms. The summed E-state index contributed by atoms with van der Waals surface area (Å²) in [5, 5.41) is 1.63. The first-order valence-electron chi connectivity index (χ1n) is 5.06.